The van der Waals surface area contributed by atoms with Crippen molar-refractivity contribution in [1.29, 1.82) is 5.41 Å². The maximum absolute atomic E-state index is 13.6. The zero-order chi connectivity index (χ0) is 14.0. The van der Waals surface area contributed by atoms with Crippen LogP contribution in [0, 0.1) is 18.2 Å². The first-order valence-electron chi connectivity index (χ1n) is 5.42. The predicted octanol–water partition coefficient (Wildman–Crippen LogP) is 3.37. The fraction of sp³-hybridized carbons (Fsp3) is 0.0769. The van der Waals surface area contributed by atoms with Gasteiger partial charge in [-0.05, 0) is 37.3 Å². The molecule has 1 aromatic heterocycles. The third kappa shape index (κ3) is 3.08. The lowest BCUT2D eigenvalue weighted by Crippen LogP contribution is -2.13. The summed E-state index contributed by atoms with van der Waals surface area (Å²) >= 11 is 3.24. The summed E-state index contributed by atoms with van der Waals surface area (Å²) < 4.78 is 19.7. The number of ether oxygens (including phenoxy) is 1. The Morgan fingerprint density at radius 3 is 2.79 bits per heavy atom. The molecule has 0 saturated heterocycles. The molecule has 4 nitrogen and oxygen atoms in total. The Morgan fingerprint density at radius 2 is 2.11 bits per heavy atom. The molecule has 98 valence electrons. The number of nitrogens with zero attached hydrogens (tertiary/aromatic N) is 1. The Balaban J connectivity index is 2.45. The lowest BCUT2D eigenvalue weighted by Gasteiger charge is -2.10. The van der Waals surface area contributed by atoms with Gasteiger partial charge in [0, 0.05) is 10.2 Å². The highest BCUT2D eigenvalue weighted by Gasteiger charge is 2.12. The van der Waals surface area contributed by atoms with Crippen LogP contribution in [-0.4, -0.2) is 10.8 Å². The van der Waals surface area contributed by atoms with E-state index in [1.807, 2.05) is 0 Å². The molecule has 0 radical (unpaired) electrons. The van der Waals surface area contributed by atoms with Gasteiger partial charge in [-0.3, -0.25) is 5.41 Å². The molecule has 19 heavy (non-hydrogen) atoms. The van der Waals surface area contributed by atoms with Gasteiger partial charge in [-0.15, -0.1) is 0 Å². The smallest absolute Gasteiger partial charge is 0.230 e. The number of aromatic nitrogens is 1. The van der Waals surface area contributed by atoms with Crippen molar-refractivity contribution in [1.82, 2.24) is 4.98 Å². The van der Waals surface area contributed by atoms with Crippen molar-refractivity contribution in [3.05, 3.63) is 51.9 Å². The van der Waals surface area contributed by atoms with E-state index in [-0.39, 0.29) is 17.5 Å². The minimum atomic E-state index is -0.513. The molecule has 0 unspecified atom stereocenters. The van der Waals surface area contributed by atoms with Crippen LogP contribution < -0.4 is 10.5 Å². The zero-order valence-electron chi connectivity index (χ0n) is 10.1. The molecule has 6 heteroatoms. The van der Waals surface area contributed by atoms with E-state index in [4.69, 9.17) is 15.9 Å². The predicted molar refractivity (Wildman–Crippen MR) is 74.2 cm³/mol. The normalized spacial score (nSPS) is 10.3. The molecular weight excluding hydrogens is 313 g/mol. The second kappa shape index (κ2) is 5.36. The Labute approximate surface area is 118 Å². The summed E-state index contributed by atoms with van der Waals surface area (Å²) in [7, 11) is 0. The van der Waals surface area contributed by atoms with Crippen molar-refractivity contribution in [3.63, 3.8) is 0 Å². The average molecular weight is 324 g/mol. The first kappa shape index (κ1) is 13.5. The van der Waals surface area contributed by atoms with Gasteiger partial charge in [0.2, 0.25) is 5.88 Å². The minimum absolute atomic E-state index is 0.0231. The molecule has 0 aliphatic carbocycles. The Morgan fingerprint density at radius 1 is 1.37 bits per heavy atom. The maximum atomic E-state index is 13.6. The quantitative estimate of drug-likeness (QED) is 0.672. The summed E-state index contributed by atoms with van der Waals surface area (Å²) in [4.78, 5) is 4.14. The SMILES string of the molecule is Cc1ccc(C(=N)N)c(Oc2cc(Br)ccc2F)n1. The number of nitrogens with one attached hydrogen (secondary N) is 1. The van der Waals surface area contributed by atoms with E-state index < -0.39 is 5.82 Å². The van der Waals surface area contributed by atoms with Crippen LogP contribution in [0.25, 0.3) is 0 Å². The second-order valence-corrected chi connectivity index (χ2v) is 4.81. The number of halogens is 2. The summed E-state index contributed by atoms with van der Waals surface area (Å²) in [5.74, 6) is -0.557. The fourth-order valence-electron chi connectivity index (χ4n) is 1.48. The Bertz CT molecular complexity index is 646. The van der Waals surface area contributed by atoms with Gasteiger partial charge >= 0.3 is 0 Å². The van der Waals surface area contributed by atoms with Gasteiger partial charge in [-0.25, -0.2) is 9.37 Å². The number of nitrogens with two attached hydrogens (primary N) is 1. The number of hydrogen-bond donors (Lipinski definition) is 2. The van der Waals surface area contributed by atoms with Crippen LogP contribution in [0.3, 0.4) is 0 Å². The van der Waals surface area contributed by atoms with Crippen molar-refractivity contribution in [2.45, 2.75) is 6.92 Å². The van der Waals surface area contributed by atoms with Crippen molar-refractivity contribution < 1.29 is 9.13 Å². The van der Waals surface area contributed by atoms with Crippen molar-refractivity contribution in [2.24, 2.45) is 5.73 Å². The number of pyridine rings is 1. The van der Waals surface area contributed by atoms with Crippen LogP contribution in [0.15, 0.2) is 34.8 Å². The first-order chi connectivity index (χ1) is 8.97. The highest BCUT2D eigenvalue weighted by molar-refractivity contribution is 9.10. The number of hydrogen-bond acceptors (Lipinski definition) is 3. The van der Waals surface area contributed by atoms with Crippen molar-refractivity contribution >= 4 is 21.8 Å². The largest absolute Gasteiger partial charge is 0.435 e. The fourth-order valence-corrected chi connectivity index (χ4v) is 1.82. The summed E-state index contributed by atoms with van der Waals surface area (Å²) in [6, 6.07) is 7.67. The first-order valence-corrected chi connectivity index (χ1v) is 6.21. The molecule has 3 N–H and O–H groups in total. The lowest BCUT2D eigenvalue weighted by molar-refractivity contribution is 0.425. The van der Waals surface area contributed by atoms with E-state index in [0.717, 1.165) is 0 Å². The molecule has 0 saturated carbocycles. The van der Waals surface area contributed by atoms with Crippen LogP contribution in [-0.2, 0) is 0 Å². The summed E-state index contributed by atoms with van der Waals surface area (Å²) in [5, 5.41) is 7.46. The standard InChI is InChI=1S/C13H11BrFN3O/c1-7-2-4-9(12(16)17)13(18-7)19-11-6-8(14)3-5-10(11)15/h2-6H,1H3,(H3,16,17). The molecule has 0 fully saturated rings. The summed E-state index contributed by atoms with van der Waals surface area (Å²) in [5.41, 5.74) is 6.46. The highest BCUT2D eigenvalue weighted by atomic mass is 79.9. The molecule has 0 aliphatic rings. The van der Waals surface area contributed by atoms with Crippen LogP contribution in [0.2, 0.25) is 0 Å². The number of benzene rings is 1. The molecule has 2 rings (SSSR count). The monoisotopic (exact) mass is 323 g/mol. The summed E-state index contributed by atoms with van der Waals surface area (Å²) in [6.45, 7) is 1.77. The third-order valence-corrected chi connectivity index (χ3v) is 2.88. The molecule has 0 aliphatic heterocycles. The lowest BCUT2D eigenvalue weighted by atomic mass is 10.2. The van der Waals surface area contributed by atoms with Crippen LogP contribution in [0.4, 0.5) is 4.39 Å². The number of aryl methyl sites for hydroxylation is 1. The number of amidine groups is 1. The highest BCUT2D eigenvalue weighted by Crippen LogP contribution is 2.28. The van der Waals surface area contributed by atoms with E-state index in [9.17, 15) is 4.39 Å². The third-order valence-electron chi connectivity index (χ3n) is 2.39. The van der Waals surface area contributed by atoms with E-state index >= 15 is 0 Å². The topological polar surface area (TPSA) is 72.0 Å². The molecule has 0 bridgehead atoms. The second-order valence-electron chi connectivity index (χ2n) is 3.90. The van der Waals surface area contributed by atoms with E-state index in [0.29, 0.717) is 15.7 Å². The van der Waals surface area contributed by atoms with Gasteiger partial charge < -0.3 is 10.5 Å². The molecule has 1 heterocycles. The van der Waals surface area contributed by atoms with Gasteiger partial charge in [-0.1, -0.05) is 15.9 Å². The van der Waals surface area contributed by atoms with Gasteiger partial charge in [0.05, 0.1) is 5.56 Å². The van der Waals surface area contributed by atoms with E-state index in [1.54, 1.807) is 25.1 Å². The van der Waals surface area contributed by atoms with Gasteiger partial charge in [0.1, 0.15) is 5.84 Å². The van der Waals surface area contributed by atoms with Crippen LogP contribution in [0.5, 0.6) is 11.6 Å². The molecule has 0 atom stereocenters. The van der Waals surface area contributed by atoms with E-state index in [1.165, 1.54) is 12.1 Å². The Kier molecular flexibility index (Phi) is 3.80. The number of rotatable bonds is 3. The molecular formula is C13H11BrFN3O. The molecule has 0 spiro atoms. The van der Waals surface area contributed by atoms with Gasteiger partial charge in [0.15, 0.2) is 11.6 Å². The van der Waals surface area contributed by atoms with Gasteiger partial charge in [0.25, 0.3) is 0 Å². The molecule has 0 amide bonds. The van der Waals surface area contributed by atoms with Crippen LogP contribution >= 0.6 is 15.9 Å². The molecule has 1 aromatic carbocycles. The average Bonchev–Trinajstić information content (AvgIpc) is 2.33. The Hall–Kier alpha value is -1.95. The number of nitrogen functional groups attached to an aromatic ring is 1. The molecule has 2 aromatic rings. The van der Waals surface area contributed by atoms with Crippen molar-refractivity contribution in [2.75, 3.05) is 0 Å². The zero-order valence-corrected chi connectivity index (χ0v) is 11.7. The van der Waals surface area contributed by atoms with Crippen LogP contribution in [0.1, 0.15) is 11.3 Å². The van der Waals surface area contributed by atoms with Gasteiger partial charge in [-0.2, -0.15) is 0 Å². The summed E-state index contributed by atoms with van der Waals surface area (Å²) in [6.07, 6.45) is 0. The maximum Gasteiger partial charge on any atom is 0.230 e. The van der Waals surface area contributed by atoms with E-state index in [2.05, 4.69) is 20.9 Å². The minimum Gasteiger partial charge on any atom is -0.435 e. The van der Waals surface area contributed by atoms with Crippen molar-refractivity contribution in [3.8, 4) is 11.6 Å².